The topological polar surface area (TPSA) is 69.6 Å². The second-order valence-corrected chi connectivity index (χ2v) is 4.23. The van der Waals surface area contributed by atoms with E-state index in [1.54, 1.807) is 4.90 Å². The number of aliphatic carboxylic acids is 1. The van der Waals surface area contributed by atoms with Crippen LogP contribution < -0.4 is 5.32 Å². The van der Waals surface area contributed by atoms with Gasteiger partial charge in [-0.1, -0.05) is 12.8 Å². The average molecular weight is 228 g/mol. The van der Waals surface area contributed by atoms with Gasteiger partial charge in [-0.25, -0.2) is 4.79 Å². The molecule has 0 aliphatic heterocycles. The number of nitrogens with zero attached hydrogens (tertiary/aromatic N) is 1. The number of carbonyl (C=O) groups is 2. The van der Waals surface area contributed by atoms with Crippen molar-refractivity contribution in [2.75, 3.05) is 6.54 Å². The number of hydrogen-bond acceptors (Lipinski definition) is 2. The summed E-state index contributed by atoms with van der Waals surface area (Å²) < 4.78 is 0. The molecule has 0 bridgehead atoms. The third-order valence-electron chi connectivity index (χ3n) is 3.08. The number of amides is 2. The van der Waals surface area contributed by atoms with Crippen LogP contribution in [0.2, 0.25) is 0 Å². The number of carbonyl (C=O) groups excluding carboxylic acids is 1. The van der Waals surface area contributed by atoms with E-state index in [0.717, 1.165) is 25.7 Å². The summed E-state index contributed by atoms with van der Waals surface area (Å²) in [6.07, 6.45) is 4.37. The first-order chi connectivity index (χ1) is 7.56. The Hall–Kier alpha value is -1.26. The zero-order valence-electron chi connectivity index (χ0n) is 9.90. The molecule has 5 nitrogen and oxygen atoms in total. The highest BCUT2D eigenvalue weighted by atomic mass is 16.4. The Morgan fingerprint density at radius 1 is 1.44 bits per heavy atom. The molecule has 0 unspecified atom stereocenters. The third kappa shape index (κ3) is 3.12. The van der Waals surface area contributed by atoms with E-state index < -0.39 is 12.0 Å². The van der Waals surface area contributed by atoms with Crippen molar-refractivity contribution in [1.29, 1.82) is 0 Å². The van der Waals surface area contributed by atoms with Gasteiger partial charge in [0.2, 0.25) is 0 Å². The Bertz CT molecular complexity index is 262. The predicted molar refractivity (Wildman–Crippen MR) is 60.3 cm³/mol. The molecule has 5 heteroatoms. The van der Waals surface area contributed by atoms with Crippen molar-refractivity contribution >= 4 is 12.0 Å². The van der Waals surface area contributed by atoms with Gasteiger partial charge in [-0.3, -0.25) is 4.79 Å². The van der Waals surface area contributed by atoms with Gasteiger partial charge in [-0.2, -0.15) is 0 Å². The lowest BCUT2D eigenvalue weighted by Gasteiger charge is -2.28. The minimum Gasteiger partial charge on any atom is -0.480 e. The van der Waals surface area contributed by atoms with Crippen LogP contribution in [0.3, 0.4) is 0 Å². The molecule has 1 atom stereocenters. The van der Waals surface area contributed by atoms with Gasteiger partial charge in [0.25, 0.3) is 0 Å². The minimum atomic E-state index is -1.00. The first-order valence-electron chi connectivity index (χ1n) is 5.86. The van der Waals surface area contributed by atoms with Gasteiger partial charge in [0, 0.05) is 12.6 Å². The monoisotopic (exact) mass is 228 g/mol. The molecule has 92 valence electrons. The fourth-order valence-corrected chi connectivity index (χ4v) is 2.11. The molecule has 1 fully saturated rings. The molecule has 0 heterocycles. The highest BCUT2D eigenvalue weighted by Gasteiger charge is 2.26. The van der Waals surface area contributed by atoms with Crippen LogP contribution in [0.5, 0.6) is 0 Å². The summed E-state index contributed by atoms with van der Waals surface area (Å²) in [6, 6.07) is -0.807. The standard InChI is InChI=1S/C11H20N2O3/c1-3-13(9-6-4-5-7-9)11(16)12-8(2)10(14)15/h8-9H,3-7H2,1-2H3,(H,12,16)(H,14,15)/t8-/m1/s1. The maximum atomic E-state index is 11.8. The zero-order valence-corrected chi connectivity index (χ0v) is 9.90. The maximum absolute atomic E-state index is 11.8. The van der Waals surface area contributed by atoms with Crippen LogP contribution in [0, 0.1) is 0 Å². The molecule has 1 saturated carbocycles. The molecule has 0 aromatic carbocycles. The molecular weight excluding hydrogens is 208 g/mol. The van der Waals surface area contributed by atoms with E-state index in [4.69, 9.17) is 5.11 Å². The summed E-state index contributed by atoms with van der Waals surface area (Å²) in [7, 11) is 0. The first-order valence-corrected chi connectivity index (χ1v) is 5.86. The molecule has 16 heavy (non-hydrogen) atoms. The van der Waals surface area contributed by atoms with Crippen LogP contribution in [-0.2, 0) is 4.79 Å². The maximum Gasteiger partial charge on any atom is 0.325 e. The summed E-state index contributed by atoms with van der Waals surface area (Å²) in [6.45, 7) is 4.02. The number of rotatable bonds is 4. The van der Waals surface area contributed by atoms with E-state index in [1.165, 1.54) is 6.92 Å². The molecule has 2 N–H and O–H groups in total. The SMILES string of the molecule is CCN(C(=O)N[C@H](C)C(=O)O)C1CCCC1. The lowest BCUT2D eigenvalue weighted by molar-refractivity contribution is -0.138. The Morgan fingerprint density at radius 3 is 2.44 bits per heavy atom. The molecule has 1 rings (SSSR count). The Kier molecular flexibility index (Phi) is 4.58. The molecule has 0 aromatic rings. The lowest BCUT2D eigenvalue weighted by atomic mass is 10.2. The van der Waals surface area contributed by atoms with Crippen LogP contribution >= 0.6 is 0 Å². The fourth-order valence-electron chi connectivity index (χ4n) is 2.11. The van der Waals surface area contributed by atoms with Crippen molar-refractivity contribution in [3.05, 3.63) is 0 Å². The minimum absolute atomic E-state index is 0.260. The smallest absolute Gasteiger partial charge is 0.325 e. The van der Waals surface area contributed by atoms with Gasteiger partial charge < -0.3 is 15.3 Å². The molecule has 2 amide bonds. The number of carboxylic acids is 1. The van der Waals surface area contributed by atoms with Crippen molar-refractivity contribution in [3.8, 4) is 0 Å². The normalized spacial score (nSPS) is 18.1. The summed E-state index contributed by atoms with van der Waals surface area (Å²) in [4.78, 5) is 24.2. The van der Waals surface area contributed by atoms with E-state index in [2.05, 4.69) is 5.32 Å². The number of carboxylic acid groups (broad SMARTS) is 1. The Labute approximate surface area is 95.8 Å². The quantitative estimate of drug-likeness (QED) is 0.764. The second-order valence-electron chi connectivity index (χ2n) is 4.23. The molecule has 1 aliphatic carbocycles. The number of urea groups is 1. The van der Waals surface area contributed by atoms with Crippen LogP contribution in [0.25, 0.3) is 0 Å². The van der Waals surface area contributed by atoms with Gasteiger partial charge >= 0.3 is 12.0 Å². The highest BCUT2D eigenvalue weighted by molar-refractivity contribution is 5.82. The molecule has 0 radical (unpaired) electrons. The summed E-state index contributed by atoms with van der Waals surface area (Å²) >= 11 is 0. The zero-order chi connectivity index (χ0) is 12.1. The van der Waals surface area contributed by atoms with E-state index in [0.29, 0.717) is 6.54 Å². The van der Waals surface area contributed by atoms with Gasteiger partial charge in [0.15, 0.2) is 0 Å². The molecule has 0 aromatic heterocycles. The molecular formula is C11H20N2O3. The van der Waals surface area contributed by atoms with Gasteiger partial charge in [0.1, 0.15) is 6.04 Å². The first kappa shape index (κ1) is 12.8. The summed E-state index contributed by atoms with van der Waals surface area (Å²) in [5, 5.41) is 11.2. The highest BCUT2D eigenvalue weighted by Crippen LogP contribution is 2.23. The summed E-state index contributed by atoms with van der Waals surface area (Å²) in [5.41, 5.74) is 0. The largest absolute Gasteiger partial charge is 0.480 e. The second kappa shape index (κ2) is 5.72. The van der Waals surface area contributed by atoms with E-state index in [1.807, 2.05) is 6.92 Å². The fraction of sp³-hybridized carbons (Fsp3) is 0.818. The Morgan fingerprint density at radius 2 is 2.00 bits per heavy atom. The van der Waals surface area contributed by atoms with E-state index in [9.17, 15) is 9.59 Å². The average Bonchev–Trinajstić information content (AvgIpc) is 2.72. The lowest BCUT2D eigenvalue weighted by Crippen LogP contribution is -2.49. The van der Waals surface area contributed by atoms with Gasteiger partial charge in [0.05, 0.1) is 0 Å². The Balaban J connectivity index is 2.52. The van der Waals surface area contributed by atoms with Crippen molar-refractivity contribution in [3.63, 3.8) is 0 Å². The molecule has 0 spiro atoms. The number of hydrogen-bond donors (Lipinski definition) is 2. The van der Waals surface area contributed by atoms with Crippen LogP contribution in [0.1, 0.15) is 39.5 Å². The van der Waals surface area contributed by atoms with Crippen molar-refractivity contribution in [2.24, 2.45) is 0 Å². The van der Waals surface area contributed by atoms with Gasteiger partial charge in [-0.05, 0) is 26.7 Å². The van der Waals surface area contributed by atoms with Gasteiger partial charge in [-0.15, -0.1) is 0 Å². The number of nitrogens with one attached hydrogen (secondary N) is 1. The van der Waals surface area contributed by atoms with Crippen LogP contribution in [0.4, 0.5) is 4.79 Å². The van der Waals surface area contributed by atoms with E-state index in [-0.39, 0.29) is 12.1 Å². The predicted octanol–water partition coefficient (Wildman–Crippen LogP) is 1.43. The van der Waals surface area contributed by atoms with Crippen LogP contribution in [0.15, 0.2) is 0 Å². The molecule has 0 saturated heterocycles. The van der Waals surface area contributed by atoms with Crippen molar-refractivity contribution in [1.82, 2.24) is 10.2 Å². The summed E-state index contributed by atoms with van der Waals surface area (Å²) in [5.74, 6) is -1.00. The molecule has 1 aliphatic rings. The van der Waals surface area contributed by atoms with Crippen LogP contribution in [-0.4, -0.2) is 40.6 Å². The van der Waals surface area contributed by atoms with Crippen molar-refractivity contribution < 1.29 is 14.7 Å². The third-order valence-corrected chi connectivity index (χ3v) is 3.08. The van der Waals surface area contributed by atoms with Crippen molar-refractivity contribution in [2.45, 2.75) is 51.6 Å². The van der Waals surface area contributed by atoms with E-state index >= 15 is 0 Å².